The van der Waals surface area contributed by atoms with Crippen molar-refractivity contribution in [2.24, 2.45) is 0 Å². The fourth-order valence-corrected chi connectivity index (χ4v) is 1.87. The van der Waals surface area contributed by atoms with E-state index >= 15 is 0 Å². The summed E-state index contributed by atoms with van der Waals surface area (Å²) in [5.41, 5.74) is 3.56. The van der Waals surface area contributed by atoms with Crippen molar-refractivity contribution in [3.05, 3.63) is 71.8 Å². The number of benzene rings is 2. The number of hydrogen-bond donors (Lipinski definition) is 1. The molecule has 0 aliphatic carbocycles. The molecule has 86 valence electrons. The molecule has 0 saturated carbocycles. The Hall–Kier alpha value is -2.02. The van der Waals surface area contributed by atoms with Gasteiger partial charge in [0, 0.05) is 0 Å². The molecule has 0 fully saturated rings. The molecular formula is C16H16O. The quantitative estimate of drug-likeness (QED) is 0.827. The van der Waals surface area contributed by atoms with E-state index in [1.807, 2.05) is 30.3 Å². The summed E-state index contributed by atoms with van der Waals surface area (Å²) in [7, 11) is 0. The molecule has 0 bridgehead atoms. The minimum absolute atomic E-state index is 0.303. The van der Waals surface area contributed by atoms with E-state index in [1.54, 1.807) is 12.1 Å². The number of allylic oxidation sites excluding steroid dienone is 1. The standard InChI is InChI=1S/C16H16O/c1-2-6-16(13-7-4-3-5-8-13)14-9-11-15(17)12-10-14/h3-12,17H,2H2,1H3. The molecule has 2 rings (SSSR count). The van der Waals surface area contributed by atoms with E-state index in [0.717, 1.165) is 12.0 Å². The summed E-state index contributed by atoms with van der Waals surface area (Å²) in [6, 6.07) is 17.7. The van der Waals surface area contributed by atoms with Crippen LogP contribution in [0.2, 0.25) is 0 Å². The zero-order valence-corrected chi connectivity index (χ0v) is 9.93. The third-order valence-corrected chi connectivity index (χ3v) is 2.67. The van der Waals surface area contributed by atoms with Crippen LogP contribution in [0.5, 0.6) is 5.75 Å². The second-order valence-electron chi connectivity index (χ2n) is 3.94. The molecule has 0 aliphatic heterocycles. The second kappa shape index (κ2) is 5.35. The van der Waals surface area contributed by atoms with Crippen LogP contribution in [-0.2, 0) is 0 Å². The zero-order chi connectivity index (χ0) is 12.1. The molecule has 0 atom stereocenters. The maximum absolute atomic E-state index is 9.32. The monoisotopic (exact) mass is 224 g/mol. The minimum Gasteiger partial charge on any atom is -0.508 e. The van der Waals surface area contributed by atoms with Gasteiger partial charge in [-0.1, -0.05) is 55.5 Å². The van der Waals surface area contributed by atoms with Crippen molar-refractivity contribution in [2.45, 2.75) is 13.3 Å². The van der Waals surface area contributed by atoms with Gasteiger partial charge < -0.3 is 5.11 Å². The molecule has 1 nitrogen and oxygen atoms in total. The van der Waals surface area contributed by atoms with Crippen LogP contribution in [0.4, 0.5) is 0 Å². The van der Waals surface area contributed by atoms with Crippen LogP contribution in [0.15, 0.2) is 60.7 Å². The maximum atomic E-state index is 9.32. The molecule has 17 heavy (non-hydrogen) atoms. The number of rotatable bonds is 3. The Morgan fingerprint density at radius 2 is 1.53 bits per heavy atom. The average Bonchev–Trinajstić information content (AvgIpc) is 2.38. The van der Waals surface area contributed by atoms with E-state index in [9.17, 15) is 5.11 Å². The van der Waals surface area contributed by atoms with Gasteiger partial charge >= 0.3 is 0 Å². The van der Waals surface area contributed by atoms with E-state index in [-0.39, 0.29) is 0 Å². The topological polar surface area (TPSA) is 20.2 Å². The van der Waals surface area contributed by atoms with Gasteiger partial charge in [0.1, 0.15) is 5.75 Å². The molecule has 0 amide bonds. The van der Waals surface area contributed by atoms with E-state index < -0.39 is 0 Å². The SMILES string of the molecule is CCC=C(c1ccccc1)c1ccc(O)cc1. The van der Waals surface area contributed by atoms with Gasteiger partial charge in [0.2, 0.25) is 0 Å². The van der Waals surface area contributed by atoms with Crippen molar-refractivity contribution < 1.29 is 5.11 Å². The van der Waals surface area contributed by atoms with Crippen molar-refractivity contribution in [3.63, 3.8) is 0 Å². The van der Waals surface area contributed by atoms with Gasteiger partial charge in [0.25, 0.3) is 0 Å². The first kappa shape index (κ1) is 11.5. The Labute approximate surface area is 102 Å². The number of phenols is 1. The van der Waals surface area contributed by atoms with Crippen molar-refractivity contribution in [3.8, 4) is 5.75 Å². The number of aromatic hydroxyl groups is 1. The fraction of sp³-hybridized carbons (Fsp3) is 0.125. The normalized spacial score (nSPS) is 11.5. The van der Waals surface area contributed by atoms with Gasteiger partial charge in [-0.25, -0.2) is 0 Å². The molecule has 0 spiro atoms. The van der Waals surface area contributed by atoms with Gasteiger partial charge in [0.15, 0.2) is 0 Å². The van der Waals surface area contributed by atoms with Gasteiger partial charge in [-0.2, -0.15) is 0 Å². The van der Waals surface area contributed by atoms with Gasteiger partial charge in [-0.15, -0.1) is 0 Å². The highest BCUT2D eigenvalue weighted by Crippen LogP contribution is 2.25. The van der Waals surface area contributed by atoms with Crippen LogP contribution in [0, 0.1) is 0 Å². The van der Waals surface area contributed by atoms with Gasteiger partial charge in [-0.05, 0) is 35.3 Å². The Balaban J connectivity index is 2.44. The fourth-order valence-electron chi connectivity index (χ4n) is 1.87. The van der Waals surface area contributed by atoms with Crippen molar-refractivity contribution in [1.82, 2.24) is 0 Å². The highest BCUT2D eigenvalue weighted by molar-refractivity contribution is 5.79. The van der Waals surface area contributed by atoms with Gasteiger partial charge in [0.05, 0.1) is 0 Å². The van der Waals surface area contributed by atoms with E-state index in [4.69, 9.17) is 0 Å². The number of hydrogen-bond acceptors (Lipinski definition) is 1. The van der Waals surface area contributed by atoms with Crippen LogP contribution >= 0.6 is 0 Å². The summed E-state index contributed by atoms with van der Waals surface area (Å²) in [4.78, 5) is 0. The van der Waals surface area contributed by atoms with Gasteiger partial charge in [-0.3, -0.25) is 0 Å². The van der Waals surface area contributed by atoms with E-state index in [2.05, 4.69) is 25.1 Å². The van der Waals surface area contributed by atoms with Crippen LogP contribution in [-0.4, -0.2) is 5.11 Å². The molecule has 0 radical (unpaired) electrons. The first-order valence-electron chi connectivity index (χ1n) is 5.86. The maximum Gasteiger partial charge on any atom is 0.115 e. The summed E-state index contributed by atoms with van der Waals surface area (Å²) in [5.74, 6) is 0.303. The molecule has 1 heteroatoms. The van der Waals surface area contributed by atoms with E-state index in [0.29, 0.717) is 5.75 Å². The Bertz CT molecular complexity index is 495. The molecule has 0 heterocycles. The molecule has 1 N–H and O–H groups in total. The first-order valence-corrected chi connectivity index (χ1v) is 5.86. The van der Waals surface area contributed by atoms with Crippen LogP contribution < -0.4 is 0 Å². The zero-order valence-electron chi connectivity index (χ0n) is 9.93. The number of phenolic OH excluding ortho intramolecular Hbond substituents is 1. The summed E-state index contributed by atoms with van der Waals surface area (Å²) >= 11 is 0. The lowest BCUT2D eigenvalue weighted by molar-refractivity contribution is 0.475. The van der Waals surface area contributed by atoms with Crippen molar-refractivity contribution >= 4 is 5.57 Å². The summed E-state index contributed by atoms with van der Waals surface area (Å²) in [6.07, 6.45) is 3.20. The van der Waals surface area contributed by atoms with Crippen LogP contribution in [0.1, 0.15) is 24.5 Å². The van der Waals surface area contributed by atoms with Crippen molar-refractivity contribution in [2.75, 3.05) is 0 Å². The summed E-state index contributed by atoms with van der Waals surface area (Å²) in [5, 5.41) is 9.32. The lowest BCUT2D eigenvalue weighted by Crippen LogP contribution is -1.87. The van der Waals surface area contributed by atoms with E-state index in [1.165, 1.54) is 11.1 Å². The third kappa shape index (κ3) is 2.76. The molecule has 0 aliphatic rings. The molecule has 0 aromatic heterocycles. The highest BCUT2D eigenvalue weighted by Gasteiger charge is 2.03. The smallest absolute Gasteiger partial charge is 0.115 e. The molecular weight excluding hydrogens is 208 g/mol. The Morgan fingerprint density at radius 3 is 2.12 bits per heavy atom. The first-order chi connectivity index (χ1) is 8.31. The predicted molar refractivity (Wildman–Crippen MR) is 71.9 cm³/mol. The van der Waals surface area contributed by atoms with Crippen LogP contribution in [0.25, 0.3) is 5.57 Å². The lowest BCUT2D eigenvalue weighted by Gasteiger charge is -2.08. The Morgan fingerprint density at radius 1 is 0.941 bits per heavy atom. The molecule has 0 unspecified atom stereocenters. The lowest BCUT2D eigenvalue weighted by atomic mass is 9.97. The average molecular weight is 224 g/mol. The van der Waals surface area contributed by atoms with Crippen molar-refractivity contribution in [1.29, 1.82) is 0 Å². The molecule has 0 saturated heterocycles. The second-order valence-corrected chi connectivity index (χ2v) is 3.94. The largest absolute Gasteiger partial charge is 0.508 e. The third-order valence-electron chi connectivity index (χ3n) is 2.67. The van der Waals surface area contributed by atoms with Crippen LogP contribution in [0.3, 0.4) is 0 Å². The summed E-state index contributed by atoms with van der Waals surface area (Å²) in [6.45, 7) is 2.13. The molecule has 2 aromatic carbocycles. The molecule has 2 aromatic rings. The predicted octanol–water partition coefficient (Wildman–Crippen LogP) is 4.23. The summed E-state index contributed by atoms with van der Waals surface area (Å²) < 4.78 is 0. The highest BCUT2D eigenvalue weighted by atomic mass is 16.3. The minimum atomic E-state index is 0.303. The Kier molecular flexibility index (Phi) is 3.61.